The second-order valence-corrected chi connectivity index (χ2v) is 7.21. The lowest BCUT2D eigenvalue weighted by atomic mass is 9.74. The standard InChI is InChI=1S/C18H28N2O4/c1-4-10-24-20-15-11-19(18(20)22)16(17(21)23-3)14-9-7-5-6-8-13(14)12(15)2/h4,12-16H,1,5-11H2,2-3H3/t12-,13?,14?,15?,16-/m0/s1. The summed E-state index contributed by atoms with van der Waals surface area (Å²) in [4.78, 5) is 32.8. The zero-order valence-corrected chi connectivity index (χ0v) is 14.6. The molecule has 0 spiro atoms. The number of carbonyl (C=O) groups is 2. The third-order valence-electron chi connectivity index (χ3n) is 6.04. The number of hydrogen-bond donors (Lipinski definition) is 0. The Morgan fingerprint density at radius 1 is 1.29 bits per heavy atom. The fourth-order valence-electron chi connectivity index (χ4n) is 4.87. The van der Waals surface area contributed by atoms with Crippen LogP contribution in [0.25, 0.3) is 0 Å². The normalized spacial score (nSPS) is 35.9. The van der Waals surface area contributed by atoms with Crippen LogP contribution in [0.3, 0.4) is 0 Å². The van der Waals surface area contributed by atoms with Crippen molar-refractivity contribution in [3.8, 4) is 0 Å². The van der Waals surface area contributed by atoms with Crippen LogP contribution >= 0.6 is 0 Å². The molecule has 0 radical (unpaired) electrons. The molecule has 6 nitrogen and oxygen atoms in total. The number of hydroxylamine groups is 2. The molecule has 0 aromatic rings. The maximum atomic E-state index is 12.9. The molecule has 2 saturated heterocycles. The van der Waals surface area contributed by atoms with Crippen molar-refractivity contribution in [1.82, 2.24) is 9.96 Å². The first-order chi connectivity index (χ1) is 11.6. The Morgan fingerprint density at radius 3 is 2.67 bits per heavy atom. The minimum atomic E-state index is -0.490. The highest BCUT2D eigenvalue weighted by molar-refractivity contribution is 5.85. The molecule has 3 aliphatic rings. The van der Waals surface area contributed by atoms with Gasteiger partial charge in [-0.15, -0.1) is 6.58 Å². The van der Waals surface area contributed by atoms with E-state index >= 15 is 0 Å². The van der Waals surface area contributed by atoms with E-state index in [0.717, 1.165) is 19.3 Å². The summed E-state index contributed by atoms with van der Waals surface area (Å²) in [6.07, 6.45) is 7.23. The van der Waals surface area contributed by atoms with E-state index in [-0.39, 0.29) is 24.0 Å². The maximum Gasteiger partial charge on any atom is 0.345 e. The van der Waals surface area contributed by atoms with Crippen molar-refractivity contribution in [2.45, 2.75) is 51.1 Å². The van der Waals surface area contributed by atoms with Gasteiger partial charge in [0, 0.05) is 6.54 Å². The molecule has 2 heterocycles. The van der Waals surface area contributed by atoms with Crippen LogP contribution in [0.15, 0.2) is 12.7 Å². The summed E-state index contributed by atoms with van der Waals surface area (Å²) in [6, 6.07) is -0.722. The fraction of sp³-hybridized carbons (Fsp3) is 0.778. The number of methoxy groups -OCH3 is 1. The number of ether oxygens (including phenoxy) is 1. The van der Waals surface area contributed by atoms with Gasteiger partial charge in [0.1, 0.15) is 6.04 Å². The van der Waals surface area contributed by atoms with E-state index in [1.54, 1.807) is 11.0 Å². The summed E-state index contributed by atoms with van der Waals surface area (Å²) < 4.78 is 5.08. The van der Waals surface area contributed by atoms with Crippen LogP contribution in [-0.2, 0) is 14.4 Å². The molecule has 3 rings (SSSR count). The first kappa shape index (κ1) is 17.3. The second-order valence-electron chi connectivity index (χ2n) is 7.21. The Hall–Kier alpha value is -1.56. The molecule has 0 N–H and O–H groups in total. The maximum absolute atomic E-state index is 12.9. The molecular formula is C18H28N2O4. The van der Waals surface area contributed by atoms with E-state index in [4.69, 9.17) is 9.57 Å². The van der Waals surface area contributed by atoms with Crippen LogP contribution in [-0.4, -0.2) is 54.3 Å². The van der Waals surface area contributed by atoms with E-state index in [9.17, 15) is 9.59 Å². The van der Waals surface area contributed by atoms with Crippen LogP contribution in [0.5, 0.6) is 0 Å². The molecule has 134 valence electrons. The Labute approximate surface area is 143 Å². The lowest BCUT2D eigenvalue weighted by molar-refractivity contribution is -0.153. The van der Waals surface area contributed by atoms with Crippen molar-refractivity contribution in [3.63, 3.8) is 0 Å². The molecule has 3 fully saturated rings. The lowest BCUT2D eigenvalue weighted by Gasteiger charge is -2.39. The molecule has 24 heavy (non-hydrogen) atoms. The summed E-state index contributed by atoms with van der Waals surface area (Å²) in [5, 5.41) is 1.48. The highest BCUT2D eigenvalue weighted by Gasteiger charge is 2.55. The van der Waals surface area contributed by atoms with Crippen molar-refractivity contribution in [2.24, 2.45) is 17.8 Å². The highest BCUT2D eigenvalue weighted by atomic mass is 16.7. The topological polar surface area (TPSA) is 59.1 Å². The molecule has 0 aromatic heterocycles. The Morgan fingerprint density at radius 2 is 2.00 bits per heavy atom. The van der Waals surface area contributed by atoms with Crippen molar-refractivity contribution >= 4 is 12.0 Å². The van der Waals surface area contributed by atoms with E-state index in [0.29, 0.717) is 25.0 Å². The first-order valence-corrected chi connectivity index (χ1v) is 9.01. The molecule has 2 amide bonds. The van der Waals surface area contributed by atoms with E-state index in [1.165, 1.54) is 25.0 Å². The number of amides is 2. The van der Waals surface area contributed by atoms with E-state index in [1.807, 2.05) is 0 Å². The average molecular weight is 336 g/mol. The summed E-state index contributed by atoms with van der Waals surface area (Å²) >= 11 is 0. The summed E-state index contributed by atoms with van der Waals surface area (Å²) in [7, 11) is 1.41. The molecule has 5 atom stereocenters. The number of fused-ring (bicyclic) bond motifs is 3. The number of esters is 1. The second kappa shape index (κ2) is 7.13. The van der Waals surface area contributed by atoms with Crippen molar-refractivity contribution < 1.29 is 19.2 Å². The lowest BCUT2D eigenvalue weighted by Crippen LogP contribution is -2.52. The van der Waals surface area contributed by atoms with Gasteiger partial charge in [0.05, 0.1) is 19.8 Å². The minimum absolute atomic E-state index is 0.0160. The van der Waals surface area contributed by atoms with Gasteiger partial charge in [-0.05, 0) is 30.6 Å². The summed E-state index contributed by atoms with van der Waals surface area (Å²) in [5.41, 5.74) is 0. The third kappa shape index (κ3) is 2.81. The van der Waals surface area contributed by atoms with Gasteiger partial charge < -0.3 is 9.64 Å². The number of hydrogen-bond acceptors (Lipinski definition) is 4. The summed E-state index contributed by atoms with van der Waals surface area (Å²) in [5.74, 6) is 0.597. The SMILES string of the molecule is C=CCON1C(=O)N2CC1[C@@H](C)C1CCCCCC1[C@H]2C(=O)OC. The molecule has 1 saturated carbocycles. The molecule has 2 bridgehead atoms. The predicted octanol–water partition coefficient (Wildman–Crippen LogP) is 2.60. The average Bonchev–Trinajstić information content (AvgIpc) is 2.73. The van der Waals surface area contributed by atoms with Crippen LogP contribution in [0.4, 0.5) is 4.79 Å². The quantitative estimate of drug-likeness (QED) is 0.585. The molecule has 3 unspecified atom stereocenters. The van der Waals surface area contributed by atoms with Crippen LogP contribution < -0.4 is 0 Å². The van der Waals surface area contributed by atoms with Gasteiger partial charge in [0.2, 0.25) is 0 Å². The zero-order chi connectivity index (χ0) is 17.3. The largest absolute Gasteiger partial charge is 0.467 e. The monoisotopic (exact) mass is 336 g/mol. The van der Waals surface area contributed by atoms with Gasteiger partial charge >= 0.3 is 12.0 Å². The zero-order valence-electron chi connectivity index (χ0n) is 14.6. The number of nitrogens with zero attached hydrogens (tertiary/aromatic N) is 2. The Kier molecular flexibility index (Phi) is 5.13. The van der Waals surface area contributed by atoms with E-state index in [2.05, 4.69) is 13.5 Å². The van der Waals surface area contributed by atoms with Gasteiger partial charge in [-0.2, -0.15) is 5.06 Å². The first-order valence-electron chi connectivity index (χ1n) is 9.01. The Balaban J connectivity index is 1.97. The van der Waals surface area contributed by atoms with E-state index < -0.39 is 6.04 Å². The van der Waals surface area contributed by atoms with Gasteiger partial charge in [-0.25, -0.2) is 9.59 Å². The molecule has 1 aliphatic carbocycles. The predicted molar refractivity (Wildman–Crippen MR) is 88.9 cm³/mol. The Bertz CT molecular complexity index is 509. The number of rotatable bonds is 4. The van der Waals surface area contributed by atoms with Crippen molar-refractivity contribution in [1.29, 1.82) is 0 Å². The molecule has 0 aromatic carbocycles. The van der Waals surface area contributed by atoms with Crippen LogP contribution in [0.2, 0.25) is 0 Å². The fourth-order valence-corrected chi connectivity index (χ4v) is 4.87. The minimum Gasteiger partial charge on any atom is -0.467 e. The van der Waals surface area contributed by atoms with Gasteiger partial charge in [-0.3, -0.25) is 4.84 Å². The van der Waals surface area contributed by atoms with Gasteiger partial charge in [-0.1, -0.05) is 32.3 Å². The highest BCUT2D eigenvalue weighted by Crippen LogP contribution is 2.45. The van der Waals surface area contributed by atoms with Crippen LogP contribution in [0, 0.1) is 17.8 Å². The number of urea groups is 1. The molecule has 6 heteroatoms. The smallest absolute Gasteiger partial charge is 0.345 e. The summed E-state index contributed by atoms with van der Waals surface area (Å²) in [6.45, 7) is 6.68. The van der Waals surface area contributed by atoms with Crippen molar-refractivity contribution in [3.05, 3.63) is 12.7 Å². The van der Waals surface area contributed by atoms with Gasteiger partial charge in [0.15, 0.2) is 0 Å². The van der Waals surface area contributed by atoms with Gasteiger partial charge in [0.25, 0.3) is 0 Å². The van der Waals surface area contributed by atoms with Crippen LogP contribution in [0.1, 0.15) is 39.0 Å². The number of carbonyl (C=O) groups excluding carboxylic acids is 2. The third-order valence-corrected chi connectivity index (χ3v) is 6.04. The van der Waals surface area contributed by atoms with Crippen molar-refractivity contribution in [2.75, 3.05) is 20.3 Å². The molecule has 2 aliphatic heterocycles. The molecular weight excluding hydrogens is 308 g/mol.